The van der Waals surface area contributed by atoms with Gasteiger partial charge in [-0.2, -0.15) is 0 Å². The summed E-state index contributed by atoms with van der Waals surface area (Å²) in [7, 11) is -2.11. The van der Waals surface area contributed by atoms with Crippen LogP contribution >= 0.6 is 0 Å². The van der Waals surface area contributed by atoms with Crippen molar-refractivity contribution < 1.29 is 4.79 Å². The van der Waals surface area contributed by atoms with Gasteiger partial charge in [-0.3, -0.25) is 4.79 Å². The lowest BCUT2D eigenvalue weighted by atomic mass is 9.87. The topological polar surface area (TPSA) is 79.0 Å². The van der Waals surface area contributed by atoms with Gasteiger partial charge in [-0.1, -0.05) is 63.3 Å². The number of anilines is 1. The van der Waals surface area contributed by atoms with Crippen LogP contribution in [-0.2, 0) is 4.79 Å². The van der Waals surface area contributed by atoms with Gasteiger partial charge in [0, 0.05) is 5.69 Å². The standard InChI is InChI=1S/C28H33N3OSi/c1-17(2)14-24(30)28(32)31-20-11-13-23-26(16-20)33(4,5)25-15-19(29)10-12-22(25)27(23)21-9-7-6-8-18(21)3/h6-13,15-17,24,29H,14,30H2,1-5H3,(H,31,32)/t24-/m1/s1. The first-order valence-corrected chi connectivity index (χ1v) is 14.6. The summed E-state index contributed by atoms with van der Waals surface area (Å²) >= 11 is 0. The number of amides is 1. The van der Waals surface area contributed by atoms with Crippen LogP contribution in [-0.4, -0.2) is 25.7 Å². The van der Waals surface area contributed by atoms with Crippen LogP contribution in [0.3, 0.4) is 0 Å². The van der Waals surface area contributed by atoms with Crippen LogP contribution in [0.25, 0.3) is 5.57 Å². The lowest BCUT2D eigenvalue weighted by Crippen LogP contribution is -2.49. The van der Waals surface area contributed by atoms with Gasteiger partial charge in [0.25, 0.3) is 0 Å². The molecule has 1 atom stereocenters. The van der Waals surface area contributed by atoms with Crippen LogP contribution in [0.1, 0.15) is 37.0 Å². The van der Waals surface area contributed by atoms with Gasteiger partial charge < -0.3 is 16.5 Å². The molecule has 0 saturated carbocycles. The number of carbonyl (C=O) groups excluding carboxylic acids is 1. The molecule has 33 heavy (non-hydrogen) atoms. The number of rotatable bonds is 5. The van der Waals surface area contributed by atoms with Crippen LogP contribution < -0.4 is 16.2 Å². The Hall–Kier alpha value is -3.02. The second-order valence-electron chi connectivity index (χ2n) is 10.1. The zero-order chi connectivity index (χ0) is 23.9. The van der Waals surface area contributed by atoms with E-state index in [0.717, 1.165) is 5.69 Å². The summed E-state index contributed by atoms with van der Waals surface area (Å²) in [4.78, 5) is 12.7. The first kappa shape index (κ1) is 23.1. The molecule has 0 radical (unpaired) electrons. The molecule has 1 amide bonds. The van der Waals surface area contributed by atoms with Gasteiger partial charge in [-0.25, -0.2) is 0 Å². The van der Waals surface area contributed by atoms with Crippen molar-refractivity contribution in [3.8, 4) is 0 Å². The predicted octanol–water partition coefficient (Wildman–Crippen LogP) is 5.09. The second-order valence-corrected chi connectivity index (χ2v) is 14.4. The number of hydrogen-bond donors (Lipinski definition) is 3. The molecule has 0 unspecified atom stereocenters. The summed E-state index contributed by atoms with van der Waals surface area (Å²) < 4.78 is 0. The first-order valence-electron chi connectivity index (χ1n) is 11.6. The molecule has 0 spiro atoms. The molecular formula is C28H33N3OSi. The lowest BCUT2D eigenvalue weighted by Gasteiger charge is -2.38. The zero-order valence-electron chi connectivity index (χ0n) is 20.1. The molecule has 1 aliphatic heterocycles. The zero-order valence-corrected chi connectivity index (χ0v) is 21.1. The van der Waals surface area contributed by atoms with Crippen LogP contribution in [0.4, 0.5) is 5.69 Å². The Labute approximate surface area is 197 Å². The van der Waals surface area contributed by atoms with Crippen molar-refractivity contribution in [3.05, 3.63) is 88.2 Å². The third-order valence-electron chi connectivity index (χ3n) is 6.67. The molecule has 0 saturated heterocycles. The molecule has 4 rings (SSSR count). The van der Waals surface area contributed by atoms with E-state index < -0.39 is 14.1 Å². The molecular weight excluding hydrogens is 422 g/mol. The highest BCUT2D eigenvalue weighted by atomic mass is 28.3. The summed E-state index contributed by atoms with van der Waals surface area (Å²) in [6.07, 6.45) is 6.68. The maximum Gasteiger partial charge on any atom is 0.241 e. The Bertz CT molecular complexity index is 1230. The fraction of sp³-hybridized carbons (Fsp3) is 0.286. The number of nitrogens with one attached hydrogen (secondary N) is 2. The van der Waals surface area contributed by atoms with E-state index in [9.17, 15) is 4.79 Å². The predicted molar refractivity (Wildman–Crippen MR) is 142 cm³/mol. The van der Waals surface area contributed by atoms with Crippen LogP contribution in [0, 0.1) is 18.3 Å². The average molecular weight is 456 g/mol. The van der Waals surface area contributed by atoms with Crippen molar-refractivity contribution >= 4 is 36.1 Å². The maximum atomic E-state index is 12.7. The first-order chi connectivity index (χ1) is 15.6. The Kier molecular flexibility index (Phi) is 6.12. The van der Waals surface area contributed by atoms with Crippen molar-refractivity contribution in [3.63, 3.8) is 0 Å². The summed E-state index contributed by atoms with van der Waals surface area (Å²) in [6, 6.07) is 14.2. The third-order valence-corrected chi connectivity index (χ3v) is 10.2. The number of hydrogen-bond acceptors (Lipinski definition) is 3. The Morgan fingerprint density at radius 1 is 1.09 bits per heavy atom. The molecule has 0 aromatic heterocycles. The molecule has 5 heteroatoms. The third kappa shape index (κ3) is 4.31. The largest absolute Gasteiger partial charge is 0.325 e. The smallest absolute Gasteiger partial charge is 0.241 e. The fourth-order valence-corrected chi connectivity index (χ4v) is 8.01. The van der Waals surface area contributed by atoms with Crippen molar-refractivity contribution in [1.82, 2.24) is 0 Å². The summed E-state index contributed by atoms with van der Waals surface area (Å²) in [5.41, 5.74) is 13.5. The number of nitrogens with two attached hydrogens (primary N) is 1. The molecule has 2 aromatic carbocycles. The highest BCUT2D eigenvalue weighted by Gasteiger charge is 2.39. The molecule has 2 aliphatic rings. The Morgan fingerprint density at radius 3 is 2.52 bits per heavy atom. The molecule has 4 N–H and O–H groups in total. The van der Waals surface area contributed by atoms with E-state index in [-0.39, 0.29) is 5.91 Å². The van der Waals surface area contributed by atoms with Gasteiger partial charge in [-0.15, -0.1) is 0 Å². The summed E-state index contributed by atoms with van der Waals surface area (Å²) in [5.74, 6) is 0.221. The van der Waals surface area contributed by atoms with Crippen molar-refractivity contribution in [2.45, 2.75) is 46.3 Å². The van der Waals surface area contributed by atoms with Crippen molar-refractivity contribution in [2.24, 2.45) is 11.7 Å². The molecule has 4 nitrogen and oxygen atoms in total. The van der Waals surface area contributed by atoms with E-state index >= 15 is 0 Å². The van der Waals surface area contributed by atoms with E-state index in [1.807, 2.05) is 18.2 Å². The SMILES string of the molecule is Cc1ccccc1C1=C2C=CC(=N)C=C2[Si](C)(C)c2cc(NC(=O)[C@H](N)CC(C)C)ccc21. The lowest BCUT2D eigenvalue weighted by molar-refractivity contribution is -0.117. The van der Waals surface area contributed by atoms with Gasteiger partial charge in [-0.05, 0) is 81.8 Å². The van der Waals surface area contributed by atoms with E-state index in [0.29, 0.717) is 18.1 Å². The van der Waals surface area contributed by atoms with Crippen LogP contribution in [0.2, 0.25) is 13.1 Å². The molecule has 2 aromatic rings. The molecule has 170 valence electrons. The minimum atomic E-state index is -2.11. The molecule has 0 fully saturated rings. The van der Waals surface area contributed by atoms with Gasteiger partial charge in [0.2, 0.25) is 5.91 Å². The van der Waals surface area contributed by atoms with E-state index in [2.05, 4.69) is 81.7 Å². The van der Waals surface area contributed by atoms with Gasteiger partial charge in [0.05, 0.1) is 11.8 Å². The molecule has 1 heterocycles. The average Bonchev–Trinajstić information content (AvgIpc) is 2.75. The Balaban J connectivity index is 1.86. The highest BCUT2D eigenvalue weighted by Crippen LogP contribution is 2.42. The van der Waals surface area contributed by atoms with Gasteiger partial charge >= 0.3 is 0 Å². The van der Waals surface area contributed by atoms with E-state index in [1.165, 1.54) is 38.2 Å². The number of aryl methyl sites for hydroxylation is 1. The van der Waals surface area contributed by atoms with Crippen molar-refractivity contribution in [2.75, 3.05) is 5.32 Å². The number of fused-ring (bicyclic) bond motifs is 2. The highest BCUT2D eigenvalue weighted by molar-refractivity contribution is 6.98. The minimum Gasteiger partial charge on any atom is -0.325 e. The quantitative estimate of drug-likeness (QED) is 0.549. The monoisotopic (exact) mass is 455 g/mol. The van der Waals surface area contributed by atoms with Crippen LogP contribution in [0.15, 0.2) is 71.5 Å². The van der Waals surface area contributed by atoms with E-state index in [4.69, 9.17) is 11.1 Å². The van der Waals surface area contributed by atoms with Gasteiger partial charge in [0.1, 0.15) is 8.07 Å². The number of carbonyl (C=O) groups is 1. The van der Waals surface area contributed by atoms with E-state index in [1.54, 1.807) is 0 Å². The number of allylic oxidation sites excluding steroid dienone is 5. The second kappa shape index (κ2) is 8.73. The molecule has 0 bridgehead atoms. The normalized spacial score (nSPS) is 17.4. The van der Waals surface area contributed by atoms with Crippen LogP contribution in [0.5, 0.6) is 0 Å². The van der Waals surface area contributed by atoms with Crippen molar-refractivity contribution in [1.29, 1.82) is 5.41 Å². The summed E-state index contributed by atoms with van der Waals surface area (Å²) in [5, 5.41) is 13.9. The summed E-state index contributed by atoms with van der Waals surface area (Å²) in [6.45, 7) is 10.9. The van der Waals surface area contributed by atoms with Gasteiger partial charge in [0.15, 0.2) is 0 Å². The molecule has 1 aliphatic carbocycles. The number of benzene rings is 2. The minimum absolute atomic E-state index is 0.143. The maximum absolute atomic E-state index is 12.7. The Morgan fingerprint density at radius 2 is 1.82 bits per heavy atom. The fourth-order valence-electron chi connectivity index (χ4n) is 4.92.